The lowest BCUT2D eigenvalue weighted by atomic mass is 10.2. The minimum atomic E-state index is -3.52. The van der Waals surface area contributed by atoms with Crippen LogP contribution in [0.25, 0.3) is 0 Å². The molecule has 118 valence electrons. The zero-order valence-corrected chi connectivity index (χ0v) is 13.8. The second kappa shape index (κ2) is 6.83. The monoisotopic (exact) mass is 320 g/mol. The summed E-state index contributed by atoms with van der Waals surface area (Å²) in [5.74, 6) is 0.816. The van der Waals surface area contributed by atoms with E-state index in [0.29, 0.717) is 17.1 Å². The average Bonchev–Trinajstić information content (AvgIpc) is 2.48. The molecule has 0 aromatic heterocycles. The van der Waals surface area contributed by atoms with Gasteiger partial charge in [-0.1, -0.05) is 30.3 Å². The maximum Gasteiger partial charge on any atom is 0.186 e. The third-order valence-corrected chi connectivity index (χ3v) is 4.78. The van der Waals surface area contributed by atoms with E-state index >= 15 is 0 Å². The summed E-state index contributed by atoms with van der Waals surface area (Å²) in [5.41, 5.74) is 0.641. The van der Waals surface area contributed by atoms with Crippen molar-refractivity contribution in [3.8, 4) is 11.5 Å². The van der Waals surface area contributed by atoms with Crippen LogP contribution < -0.4 is 9.47 Å². The molecule has 4 nitrogen and oxygen atoms in total. The first-order valence-corrected chi connectivity index (χ1v) is 8.69. The molecule has 0 saturated heterocycles. The topological polar surface area (TPSA) is 52.6 Å². The molecule has 0 radical (unpaired) electrons. The average molecular weight is 320 g/mol. The SMILES string of the molecule is COc1ccccc1S(=O)(=O)Cc1ccccc1OC(C)C. The third-order valence-electron chi connectivity index (χ3n) is 3.08. The highest BCUT2D eigenvalue weighted by molar-refractivity contribution is 7.90. The Morgan fingerprint density at radius 1 is 0.955 bits per heavy atom. The van der Waals surface area contributed by atoms with Gasteiger partial charge in [0.1, 0.15) is 16.4 Å². The summed E-state index contributed by atoms with van der Waals surface area (Å²) in [4.78, 5) is 0.192. The van der Waals surface area contributed by atoms with Crippen LogP contribution in [-0.4, -0.2) is 21.6 Å². The molecule has 2 rings (SSSR count). The first kappa shape index (κ1) is 16.4. The fraction of sp³-hybridized carbons (Fsp3) is 0.294. The molecule has 5 heteroatoms. The van der Waals surface area contributed by atoms with Crippen molar-refractivity contribution >= 4 is 9.84 Å². The molecule has 0 fully saturated rings. The first-order valence-electron chi connectivity index (χ1n) is 7.04. The van der Waals surface area contributed by atoms with E-state index in [1.807, 2.05) is 19.9 Å². The number of methoxy groups -OCH3 is 1. The highest BCUT2D eigenvalue weighted by Gasteiger charge is 2.21. The summed E-state index contributed by atoms with van der Waals surface area (Å²) in [6.45, 7) is 3.82. The molecule has 0 bridgehead atoms. The van der Waals surface area contributed by atoms with E-state index in [0.717, 1.165) is 0 Å². The molecule has 0 spiro atoms. The molecule has 0 aliphatic carbocycles. The molecular weight excluding hydrogens is 300 g/mol. The number of sulfone groups is 1. The Kier molecular flexibility index (Phi) is 5.08. The predicted molar refractivity (Wildman–Crippen MR) is 86.1 cm³/mol. The molecular formula is C17H20O4S. The lowest BCUT2D eigenvalue weighted by molar-refractivity contribution is 0.240. The molecule has 2 aromatic rings. The van der Waals surface area contributed by atoms with Crippen molar-refractivity contribution in [2.24, 2.45) is 0 Å². The van der Waals surface area contributed by atoms with Gasteiger partial charge in [-0.15, -0.1) is 0 Å². The van der Waals surface area contributed by atoms with Gasteiger partial charge in [-0.3, -0.25) is 0 Å². The Balaban J connectivity index is 2.37. The maximum absolute atomic E-state index is 12.7. The Morgan fingerprint density at radius 3 is 2.18 bits per heavy atom. The standard InChI is InChI=1S/C17H20O4S/c1-13(2)21-15-9-5-4-8-14(15)12-22(18,19)17-11-7-6-10-16(17)20-3/h4-11,13H,12H2,1-3H3. The number of para-hydroxylation sites is 2. The zero-order valence-electron chi connectivity index (χ0n) is 12.9. The second-order valence-electron chi connectivity index (χ2n) is 5.18. The van der Waals surface area contributed by atoms with Crippen LogP contribution in [0, 0.1) is 0 Å². The van der Waals surface area contributed by atoms with Crippen molar-refractivity contribution in [1.29, 1.82) is 0 Å². The molecule has 0 unspecified atom stereocenters. The fourth-order valence-electron chi connectivity index (χ4n) is 2.15. The van der Waals surface area contributed by atoms with Crippen molar-refractivity contribution in [3.05, 3.63) is 54.1 Å². The molecule has 0 atom stereocenters. The molecule has 0 N–H and O–H groups in total. The Morgan fingerprint density at radius 2 is 1.55 bits per heavy atom. The highest BCUT2D eigenvalue weighted by atomic mass is 32.2. The van der Waals surface area contributed by atoms with Crippen LogP contribution in [0.4, 0.5) is 0 Å². The van der Waals surface area contributed by atoms with Gasteiger partial charge in [-0.05, 0) is 32.0 Å². The van der Waals surface area contributed by atoms with E-state index in [4.69, 9.17) is 9.47 Å². The lowest BCUT2D eigenvalue weighted by Crippen LogP contribution is -2.11. The highest BCUT2D eigenvalue weighted by Crippen LogP contribution is 2.29. The normalized spacial score (nSPS) is 11.5. The zero-order chi connectivity index (χ0) is 16.2. The van der Waals surface area contributed by atoms with Gasteiger partial charge in [-0.25, -0.2) is 8.42 Å². The van der Waals surface area contributed by atoms with E-state index in [-0.39, 0.29) is 16.8 Å². The number of hydrogen-bond acceptors (Lipinski definition) is 4. The molecule has 2 aromatic carbocycles. The van der Waals surface area contributed by atoms with E-state index < -0.39 is 9.84 Å². The summed E-state index contributed by atoms with van der Waals surface area (Å²) in [6.07, 6.45) is -0.0184. The van der Waals surface area contributed by atoms with Gasteiger partial charge >= 0.3 is 0 Å². The van der Waals surface area contributed by atoms with Crippen LogP contribution in [0.2, 0.25) is 0 Å². The van der Waals surface area contributed by atoms with Crippen molar-refractivity contribution in [2.75, 3.05) is 7.11 Å². The maximum atomic E-state index is 12.7. The smallest absolute Gasteiger partial charge is 0.186 e. The van der Waals surface area contributed by atoms with Gasteiger partial charge in [0.15, 0.2) is 9.84 Å². The van der Waals surface area contributed by atoms with Crippen molar-refractivity contribution in [1.82, 2.24) is 0 Å². The van der Waals surface area contributed by atoms with Gasteiger partial charge in [0.05, 0.1) is 19.0 Å². The van der Waals surface area contributed by atoms with Crippen LogP contribution in [0.15, 0.2) is 53.4 Å². The van der Waals surface area contributed by atoms with E-state index in [9.17, 15) is 8.42 Å². The minimum absolute atomic E-state index is 0.0184. The van der Waals surface area contributed by atoms with Crippen LogP contribution in [0.3, 0.4) is 0 Å². The summed E-state index contributed by atoms with van der Waals surface area (Å²) in [5, 5.41) is 0. The quantitative estimate of drug-likeness (QED) is 0.818. The molecule has 0 heterocycles. The lowest BCUT2D eigenvalue weighted by Gasteiger charge is -2.15. The summed E-state index contributed by atoms with van der Waals surface area (Å²) >= 11 is 0. The van der Waals surface area contributed by atoms with Crippen LogP contribution in [0.1, 0.15) is 19.4 Å². The molecule has 0 amide bonds. The first-order chi connectivity index (χ1) is 10.4. The molecule has 0 aliphatic rings. The Hall–Kier alpha value is -2.01. The molecule has 0 aliphatic heterocycles. The molecule has 22 heavy (non-hydrogen) atoms. The van der Waals surface area contributed by atoms with Gasteiger partial charge < -0.3 is 9.47 Å². The van der Waals surface area contributed by atoms with E-state index in [2.05, 4.69) is 0 Å². The minimum Gasteiger partial charge on any atom is -0.495 e. The van der Waals surface area contributed by atoms with E-state index in [1.54, 1.807) is 42.5 Å². The number of benzene rings is 2. The van der Waals surface area contributed by atoms with Crippen molar-refractivity contribution in [3.63, 3.8) is 0 Å². The predicted octanol–water partition coefficient (Wildman–Crippen LogP) is 3.46. The fourth-order valence-corrected chi connectivity index (χ4v) is 3.70. The van der Waals surface area contributed by atoms with Crippen LogP contribution in [0.5, 0.6) is 11.5 Å². The van der Waals surface area contributed by atoms with Crippen molar-refractivity contribution < 1.29 is 17.9 Å². The summed E-state index contributed by atoms with van der Waals surface area (Å²) in [6, 6.07) is 13.8. The molecule has 0 saturated carbocycles. The largest absolute Gasteiger partial charge is 0.495 e. The van der Waals surface area contributed by atoms with Gasteiger partial charge in [0, 0.05) is 5.56 Å². The Bertz CT molecular complexity index is 736. The van der Waals surface area contributed by atoms with Crippen molar-refractivity contribution in [2.45, 2.75) is 30.6 Å². The van der Waals surface area contributed by atoms with Crippen LogP contribution in [-0.2, 0) is 15.6 Å². The van der Waals surface area contributed by atoms with Gasteiger partial charge in [-0.2, -0.15) is 0 Å². The van der Waals surface area contributed by atoms with Gasteiger partial charge in [0.2, 0.25) is 0 Å². The second-order valence-corrected chi connectivity index (χ2v) is 7.14. The third kappa shape index (κ3) is 3.80. The van der Waals surface area contributed by atoms with E-state index in [1.165, 1.54) is 7.11 Å². The van der Waals surface area contributed by atoms with Crippen LogP contribution >= 0.6 is 0 Å². The number of ether oxygens (including phenoxy) is 2. The summed E-state index contributed by atoms with van der Waals surface area (Å²) in [7, 11) is -2.06. The Labute approximate surface area is 131 Å². The number of rotatable bonds is 6. The summed E-state index contributed by atoms with van der Waals surface area (Å²) < 4.78 is 36.2. The number of hydrogen-bond donors (Lipinski definition) is 0. The van der Waals surface area contributed by atoms with Gasteiger partial charge in [0.25, 0.3) is 0 Å².